The van der Waals surface area contributed by atoms with Crippen molar-refractivity contribution in [1.82, 2.24) is 29.9 Å². The first kappa shape index (κ1) is 36.2. The highest BCUT2D eigenvalue weighted by atomic mass is 32.2. The van der Waals surface area contributed by atoms with Crippen LogP contribution in [0.4, 0.5) is 0 Å². The van der Waals surface area contributed by atoms with E-state index in [1.807, 2.05) is 26.0 Å². The van der Waals surface area contributed by atoms with Crippen molar-refractivity contribution >= 4 is 42.7 Å². The van der Waals surface area contributed by atoms with E-state index in [0.717, 1.165) is 22.2 Å². The van der Waals surface area contributed by atoms with E-state index in [-0.39, 0.29) is 23.3 Å². The number of sulfone groups is 1. The van der Waals surface area contributed by atoms with Crippen LogP contribution in [0.3, 0.4) is 0 Å². The van der Waals surface area contributed by atoms with Crippen molar-refractivity contribution in [2.24, 2.45) is 0 Å². The van der Waals surface area contributed by atoms with Gasteiger partial charge in [-0.3, -0.25) is 14.2 Å². The molecule has 14 nitrogen and oxygen atoms in total. The van der Waals surface area contributed by atoms with Gasteiger partial charge in [-0.15, -0.1) is 0 Å². The Morgan fingerprint density at radius 1 is 0.760 bits per heavy atom. The van der Waals surface area contributed by atoms with Gasteiger partial charge in [-0.05, 0) is 45.0 Å². The quantitative estimate of drug-likeness (QED) is 0.168. The summed E-state index contributed by atoms with van der Waals surface area (Å²) in [5.41, 5.74) is 6.68. The number of benzene rings is 2. The van der Waals surface area contributed by atoms with Gasteiger partial charge < -0.3 is 34.0 Å². The molecule has 0 aliphatic rings. The van der Waals surface area contributed by atoms with Crippen LogP contribution in [0.5, 0.6) is 23.0 Å². The highest BCUT2D eigenvalue weighted by Gasteiger charge is 2.23. The van der Waals surface area contributed by atoms with Crippen molar-refractivity contribution in [2.75, 3.05) is 28.4 Å². The standard InChI is InChI=1S/2C17H19N3O4S/c1-10-8-18-15(11(2)16(10)24-4)9-25(21,22)17-19-13-6-5-12(23-3)7-14(13)20-17;1-10-15(18-7-11(8-21)16(10)24-3)9-25(22)17-19-13-5-4-12(23-2)6-14(13)20-17/h5-8H,9H2,1-4H3,(H,19,20);4-7,21H,8-9H2,1-3H3,(H,19,20). The lowest BCUT2D eigenvalue weighted by Crippen LogP contribution is -2.10. The molecule has 1 unspecified atom stereocenters. The summed E-state index contributed by atoms with van der Waals surface area (Å²) in [6.07, 6.45) is 3.15. The molecule has 0 bridgehead atoms. The van der Waals surface area contributed by atoms with Crippen LogP contribution in [0, 0.1) is 20.8 Å². The van der Waals surface area contributed by atoms with E-state index in [1.54, 1.807) is 64.9 Å². The monoisotopic (exact) mass is 722 g/mol. The van der Waals surface area contributed by atoms with Crippen molar-refractivity contribution < 1.29 is 36.7 Å². The number of nitrogens with one attached hydrogen (secondary N) is 2. The minimum atomic E-state index is -3.68. The number of nitrogens with zero attached hydrogens (tertiary/aromatic N) is 4. The summed E-state index contributed by atoms with van der Waals surface area (Å²) in [4.78, 5) is 23.1. The van der Waals surface area contributed by atoms with Gasteiger partial charge >= 0.3 is 0 Å². The Balaban J connectivity index is 0.000000194. The van der Waals surface area contributed by atoms with Gasteiger partial charge in [0.15, 0.2) is 5.16 Å². The second-order valence-corrected chi connectivity index (χ2v) is 14.5. The molecular weight excluding hydrogens is 685 g/mol. The van der Waals surface area contributed by atoms with Gasteiger partial charge in [-0.1, -0.05) is 0 Å². The molecule has 264 valence electrons. The highest BCUT2D eigenvalue weighted by Crippen LogP contribution is 2.29. The molecule has 0 aliphatic heterocycles. The molecule has 2 aromatic carbocycles. The van der Waals surface area contributed by atoms with Crippen LogP contribution in [0.15, 0.2) is 59.1 Å². The number of aliphatic hydroxyl groups excluding tert-OH is 1. The van der Waals surface area contributed by atoms with Crippen LogP contribution in [0.1, 0.15) is 33.6 Å². The van der Waals surface area contributed by atoms with Gasteiger partial charge in [0.2, 0.25) is 15.0 Å². The van der Waals surface area contributed by atoms with Crippen molar-refractivity contribution in [3.63, 3.8) is 0 Å². The number of methoxy groups -OCH3 is 4. The first-order valence-corrected chi connectivity index (χ1v) is 18.2. The lowest BCUT2D eigenvalue weighted by atomic mass is 10.1. The van der Waals surface area contributed by atoms with Crippen LogP contribution in [-0.2, 0) is 38.7 Å². The smallest absolute Gasteiger partial charge is 0.226 e. The Hall–Kier alpha value is -5.06. The lowest BCUT2D eigenvalue weighted by Gasteiger charge is -2.12. The number of aromatic amines is 2. The predicted molar refractivity (Wildman–Crippen MR) is 188 cm³/mol. The summed E-state index contributed by atoms with van der Waals surface area (Å²) in [6, 6.07) is 10.6. The van der Waals surface area contributed by atoms with Gasteiger partial charge in [-0.25, -0.2) is 18.4 Å². The number of pyridine rings is 2. The molecule has 0 aliphatic carbocycles. The number of aliphatic hydroxyl groups is 1. The third-order valence-electron chi connectivity index (χ3n) is 8.01. The van der Waals surface area contributed by atoms with Crippen molar-refractivity contribution in [3.8, 4) is 23.0 Å². The zero-order valence-electron chi connectivity index (χ0n) is 28.7. The molecule has 4 aromatic heterocycles. The highest BCUT2D eigenvalue weighted by molar-refractivity contribution is 7.90. The van der Waals surface area contributed by atoms with Crippen LogP contribution in [0.2, 0.25) is 0 Å². The molecule has 0 amide bonds. The number of rotatable bonds is 11. The number of ether oxygens (including phenoxy) is 4. The van der Waals surface area contributed by atoms with Gasteiger partial charge in [0.1, 0.15) is 28.8 Å². The van der Waals surface area contributed by atoms with E-state index in [0.29, 0.717) is 61.7 Å². The number of fused-ring (bicyclic) bond motifs is 2. The first-order valence-electron chi connectivity index (χ1n) is 15.2. The predicted octanol–water partition coefficient (Wildman–Crippen LogP) is 4.65. The molecule has 0 saturated carbocycles. The Labute approximate surface area is 291 Å². The van der Waals surface area contributed by atoms with E-state index < -0.39 is 20.6 Å². The Bertz CT molecular complexity index is 2300. The van der Waals surface area contributed by atoms with Crippen molar-refractivity contribution in [3.05, 3.63) is 82.4 Å². The molecule has 0 fully saturated rings. The molecule has 16 heteroatoms. The maximum atomic E-state index is 12.8. The number of H-pyrrole nitrogens is 2. The number of aryl methyl sites for hydroxylation is 1. The number of imidazole rings is 2. The van der Waals surface area contributed by atoms with Crippen LogP contribution in [0.25, 0.3) is 22.1 Å². The minimum Gasteiger partial charge on any atom is -0.497 e. The molecule has 1 atom stereocenters. The van der Waals surface area contributed by atoms with E-state index in [4.69, 9.17) is 18.9 Å². The third kappa shape index (κ3) is 7.56. The fraction of sp³-hybridized carbons (Fsp3) is 0.294. The fourth-order valence-corrected chi connectivity index (χ4v) is 7.71. The lowest BCUT2D eigenvalue weighted by molar-refractivity contribution is 0.272. The minimum absolute atomic E-state index is 0.0866. The molecule has 6 rings (SSSR count). The van der Waals surface area contributed by atoms with E-state index in [9.17, 15) is 17.7 Å². The molecule has 0 saturated heterocycles. The molecule has 0 radical (unpaired) electrons. The largest absolute Gasteiger partial charge is 0.497 e. The Morgan fingerprint density at radius 3 is 1.94 bits per heavy atom. The van der Waals surface area contributed by atoms with E-state index >= 15 is 0 Å². The maximum absolute atomic E-state index is 12.8. The van der Waals surface area contributed by atoms with Crippen molar-refractivity contribution in [1.29, 1.82) is 0 Å². The number of aromatic nitrogens is 6. The van der Waals surface area contributed by atoms with E-state index in [2.05, 4.69) is 29.9 Å². The van der Waals surface area contributed by atoms with Gasteiger partial charge in [-0.2, -0.15) is 0 Å². The summed E-state index contributed by atoms with van der Waals surface area (Å²) in [7, 11) is 1.16. The normalized spacial score (nSPS) is 12.0. The maximum Gasteiger partial charge on any atom is 0.226 e. The summed E-state index contributed by atoms with van der Waals surface area (Å²) in [6.45, 7) is 5.34. The number of hydrogen-bond donors (Lipinski definition) is 3. The van der Waals surface area contributed by atoms with Crippen LogP contribution in [-0.4, -0.2) is 76.1 Å². The Kier molecular flexibility index (Phi) is 11.0. The second kappa shape index (κ2) is 15.2. The molecule has 0 spiro atoms. The van der Waals surface area contributed by atoms with Gasteiger partial charge in [0.05, 0.1) is 85.1 Å². The van der Waals surface area contributed by atoms with Crippen molar-refractivity contribution in [2.45, 2.75) is 49.2 Å². The first-order chi connectivity index (χ1) is 23.9. The molecule has 6 aromatic rings. The zero-order chi connectivity index (χ0) is 36.2. The van der Waals surface area contributed by atoms with Gasteiger partial charge in [0.25, 0.3) is 0 Å². The zero-order valence-corrected chi connectivity index (χ0v) is 30.3. The van der Waals surface area contributed by atoms with Gasteiger partial charge in [0, 0.05) is 46.8 Å². The molecule has 50 heavy (non-hydrogen) atoms. The number of hydrogen-bond acceptors (Lipinski definition) is 12. The van der Waals surface area contributed by atoms with Crippen LogP contribution < -0.4 is 18.9 Å². The fourth-order valence-electron chi connectivity index (χ4n) is 5.32. The SMILES string of the molecule is COc1ccc2nc(S(=O)(=O)Cc3ncc(C)c(OC)c3C)[nH]c2c1.COc1ccc2nc(S(=O)Cc3ncc(CO)c(OC)c3C)[nH]c2c1. The summed E-state index contributed by atoms with van der Waals surface area (Å²) < 4.78 is 59.2. The second-order valence-electron chi connectivity index (χ2n) is 11.2. The van der Waals surface area contributed by atoms with E-state index in [1.165, 1.54) is 7.11 Å². The summed E-state index contributed by atoms with van der Waals surface area (Å²) >= 11 is 0. The summed E-state index contributed by atoms with van der Waals surface area (Å²) in [5.74, 6) is 2.49. The molecule has 4 heterocycles. The summed E-state index contributed by atoms with van der Waals surface area (Å²) in [5, 5.41) is 9.64. The average molecular weight is 723 g/mol. The topological polar surface area (TPSA) is 191 Å². The third-order valence-corrected chi connectivity index (χ3v) is 10.6. The average Bonchev–Trinajstić information content (AvgIpc) is 3.75. The van der Waals surface area contributed by atoms with Crippen LogP contribution >= 0.6 is 0 Å². The molecule has 3 N–H and O–H groups in total. The Morgan fingerprint density at radius 2 is 1.34 bits per heavy atom. The molecular formula is C34H38N6O8S2.